The standard InChI is InChI=1S/C14H18FN/c1-10-3-6-13(7-4-10)16-14-8-5-12(15)9-11(14)2/h5,8-9,13,16H,1,3-4,6-7H2,2H3. The molecule has 0 saturated heterocycles. The van der Waals surface area contributed by atoms with Crippen LogP contribution in [-0.4, -0.2) is 6.04 Å². The van der Waals surface area contributed by atoms with Crippen molar-refractivity contribution in [3.63, 3.8) is 0 Å². The third-order valence-electron chi connectivity index (χ3n) is 3.24. The Kier molecular flexibility index (Phi) is 3.28. The van der Waals surface area contributed by atoms with Crippen LogP contribution in [0.2, 0.25) is 0 Å². The summed E-state index contributed by atoms with van der Waals surface area (Å²) < 4.78 is 12.9. The van der Waals surface area contributed by atoms with Crippen LogP contribution >= 0.6 is 0 Å². The zero-order chi connectivity index (χ0) is 11.5. The smallest absolute Gasteiger partial charge is 0.123 e. The lowest BCUT2D eigenvalue weighted by Gasteiger charge is -2.26. The van der Waals surface area contributed by atoms with E-state index in [1.165, 1.54) is 11.6 Å². The Morgan fingerprint density at radius 2 is 2.00 bits per heavy atom. The van der Waals surface area contributed by atoms with Crippen molar-refractivity contribution in [3.05, 3.63) is 41.7 Å². The molecule has 0 spiro atoms. The molecule has 1 nitrogen and oxygen atoms in total. The van der Waals surface area contributed by atoms with Crippen LogP contribution in [0.25, 0.3) is 0 Å². The van der Waals surface area contributed by atoms with Gasteiger partial charge in [0.25, 0.3) is 0 Å². The lowest BCUT2D eigenvalue weighted by Crippen LogP contribution is -2.23. The summed E-state index contributed by atoms with van der Waals surface area (Å²) in [6.07, 6.45) is 4.49. The molecule has 1 aliphatic rings. The highest BCUT2D eigenvalue weighted by atomic mass is 19.1. The van der Waals surface area contributed by atoms with E-state index in [0.29, 0.717) is 6.04 Å². The molecule has 1 aromatic rings. The third-order valence-corrected chi connectivity index (χ3v) is 3.24. The van der Waals surface area contributed by atoms with Gasteiger partial charge in [0, 0.05) is 11.7 Å². The van der Waals surface area contributed by atoms with Crippen molar-refractivity contribution < 1.29 is 4.39 Å². The molecule has 16 heavy (non-hydrogen) atoms. The number of benzene rings is 1. The van der Waals surface area contributed by atoms with Crippen molar-refractivity contribution in [2.45, 2.75) is 38.6 Å². The number of aryl methyl sites for hydroxylation is 1. The SMILES string of the molecule is C=C1CCC(Nc2ccc(F)cc2C)CC1. The summed E-state index contributed by atoms with van der Waals surface area (Å²) in [6.45, 7) is 5.95. The van der Waals surface area contributed by atoms with E-state index < -0.39 is 0 Å². The molecule has 0 aliphatic heterocycles. The molecule has 0 aromatic heterocycles. The lowest BCUT2D eigenvalue weighted by molar-refractivity contribution is 0.541. The monoisotopic (exact) mass is 219 g/mol. The largest absolute Gasteiger partial charge is 0.382 e. The molecule has 2 rings (SSSR count). The van der Waals surface area contributed by atoms with Gasteiger partial charge in [-0.25, -0.2) is 4.39 Å². The van der Waals surface area contributed by atoms with E-state index in [9.17, 15) is 4.39 Å². The molecule has 0 amide bonds. The maximum absolute atomic E-state index is 12.9. The van der Waals surface area contributed by atoms with Crippen LogP contribution in [0.3, 0.4) is 0 Å². The van der Waals surface area contributed by atoms with Crippen LogP contribution in [0.15, 0.2) is 30.4 Å². The van der Waals surface area contributed by atoms with E-state index in [4.69, 9.17) is 0 Å². The molecular formula is C14H18FN. The van der Waals surface area contributed by atoms with Gasteiger partial charge >= 0.3 is 0 Å². The molecule has 0 bridgehead atoms. The molecule has 0 unspecified atom stereocenters. The topological polar surface area (TPSA) is 12.0 Å². The lowest BCUT2D eigenvalue weighted by atomic mass is 9.91. The number of nitrogens with one attached hydrogen (secondary N) is 1. The molecule has 0 radical (unpaired) electrons. The number of hydrogen-bond donors (Lipinski definition) is 1. The van der Waals surface area contributed by atoms with Crippen LogP contribution in [0.5, 0.6) is 0 Å². The van der Waals surface area contributed by atoms with Gasteiger partial charge < -0.3 is 5.32 Å². The molecule has 86 valence electrons. The average Bonchev–Trinajstić information content (AvgIpc) is 2.25. The maximum Gasteiger partial charge on any atom is 0.123 e. The van der Waals surface area contributed by atoms with Crippen LogP contribution in [0.1, 0.15) is 31.2 Å². The summed E-state index contributed by atoms with van der Waals surface area (Å²) in [6, 6.07) is 5.42. The van der Waals surface area contributed by atoms with E-state index >= 15 is 0 Å². The van der Waals surface area contributed by atoms with Gasteiger partial charge in [-0.2, -0.15) is 0 Å². The molecule has 1 N–H and O–H groups in total. The summed E-state index contributed by atoms with van der Waals surface area (Å²) >= 11 is 0. The van der Waals surface area contributed by atoms with E-state index in [-0.39, 0.29) is 5.82 Å². The van der Waals surface area contributed by atoms with Gasteiger partial charge in [-0.3, -0.25) is 0 Å². The zero-order valence-corrected chi connectivity index (χ0v) is 9.72. The van der Waals surface area contributed by atoms with Crippen LogP contribution < -0.4 is 5.32 Å². The fourth-order valence-corrected chi connectivity index (χ4v) is 2.18. The molecule has 1 fully saturated rings. The number of rotatable bonds is 2. The second-order valence-electron chi connectivity index (χ2n) is 4.63. The second-order valence-corrected chi connectivity index (χ2v) is 4.63. The Bertz CT molecular complexity index is 388. The number of hydrogen-bond acceptors (Lipinski definition) is 1. The number of allylic oxidation sites excluding steroid dienone is 1. The highest BCUT2D eigenvalue weighted by Gasteiger charge is 2.15. The molecule has 1 aromatic carbocycles. The Labute approximate surface area is 96.4 Å². The van der Waals surface area contributed by atoms with Crippen LogP contribution in [0, 0.1) is 12.7 Å². The first-order chi connectivity index (χ1) is 7.65. The fraction of sp³-hybridized carbons (Fsp3) is 0.429. The van der Waals surface area contributed by atoms with Gasteiger partial charge in [-0.15, -0.1) is 0 Å². The first kappa shape index (κ1) is 11.2. The van der Waals surface area contributed by atoms with E-state index in [1.54, 1.807) is 6.07 Å². The summed E-state index contributed by atoms with van der Waals surface area (Å²) in [4.78, 5) is 0. The van der Waals surface area contributed by atoms with Gasteiger partial charge in [-0.1, -0.05) is 12.2 Å². The van der Waals surface area contributed by atoms with Gasteiger partial charge in [0.15, 0.2) is 0 Å². The molecule has 1 saturated carbocycles. The van der Waals surface area contributed by atoms with Crippen molar-refractivity contribution >= 4 is 5.69 Å². The van der Waals surface area contributed by atoms with Gasteiger partial charge in [0.05, 0.1) is 0 Å². The van der Waals surface area contributed by atoms with Crippen molar-refractivity contribution in [1.29, 1.82) is 0 Å². The normalized spacial score (nSPS) is 17.5. The van der Waals surface area contributed by atoms with Crippen molar-refractivity contribution in [2.75, 3.05) is 5.32 Å². The maximum atomic E-state index is 12.9. The third kappa shape index (κ3) is 2.63. The van der Waals surface area contributed by atoms with Crippen LogP contribution in [0.4, 0.5) is 10.1 Å². The number of anilines is 1. The van der Waals surface area contributed by atoms with Gasteiger partial charge in [-0.05, 0) is 56.4 Å². The average molecular weight is 219 g/mol. The van der Waals surface area contributed by atoms with Crippen molar-refractivity contribution in [3.8, 4) is 0 Å². The van der Waals surface area contributed by atoms with Gasteiger partial charge in [0.1, 0.15) is 5.82 Å². The highest BCUT2D eigenvalue weighted by Crippen LogP contribution is 2.26. The molecule has 0 heterocycles. The minimum absolute atomic E-state index is 0.167. The first-order valence-corrected chi connectivity index (χ1v) is 5.84. The molecule has 0 atom stereocenters. The van der Waals surface area contributed by atoms with Crippen molar-refractivity contribution in [2.24, 2.45) is 0 Å². The van der Waals surface area contributed by atoms with Crippen molar-refractivity contribution in [1.82, 2.24) is 0 Å². The predicted molar refractivity (Wildman–Crippen MR) is 66.2 cm³/mol. The molecule has 1 aliphatic carbocycles. The fourth-order valence-electron chi connectivity index (χ4n) is 2.18. The summed E-state index contributed by atoms with van der Waals surface area (Å²) in [5, 5.41) is 3.49. The quantitative estimate of drug-likeness (QED) is 0.740. The first-order valence-electron chi connectivity index (χ1n) is 5.84. The molecule has 2 heteroatoms. The van der Waals surface area contributed by atoms with E-state index in [1.807, 2.05) is 13.0 Å². The van der Waals surface area contributed by atoms with Gasteiger partial charge in [0.2, 0.25) is 0 Å². The minimum atomic E-state index is -0.167. The summed E-state index contributed by atoms with van der Waals surface area (Å²) in [5.74, 6) is -0.167. The highest BCUT2D eigenvalue weighted by molar-refractivity contribution is 5.51. The predicted octanol–water partition coefficient (Wildman–Crippen LogP) is 4.04. The second kappa shape index (κ2) is 4.69. The Morgan fingerprint density at radius 3 is 2.62 bits per heavy atom. The van der Waals surface area contributed by atoms with Crippen LogP contribution in [-0.2, 0) is 0 Å². The summed E-state index contributed by atoms with van der Waals surface area (Å²) in [5.41, 5.74) is 3.39. The van der Waals surface area contributed by atoms with E-state index in [2.05, 4.69) is 11.9 Å². The minimum Gasteiger partial charge on any atom is -0.382 e. The Balaban J connectivity index is 2.01. The zero-order valence-electron chi connectivity index (χ0n) is 9.72. The molecular weight excluding hydrogens is 201 g/mol. The van der Waals surface area contributed by atoms with E-state index in [0.717, 1.165) is 36.9 Å². The Morgan fingerprint density at radius 1 is 1.31 bits per heavy atom. The number of halogens is 1. The Hall–Kier alpha value is -1.31. The summed E-state index contributed by atoms with van der Waals surface area (Å²) in [7, 11) is 0.